The van der Waals surface area contributed by atoms with Gasteiger partial charge in [0.15, 0.2) is 0 Å². The Labute approximate surface area is 112 Å². The van der Waals surface area contributed by atoms with Crippen molar-refractivity contribution in [3.8, 4) is 0 Å². The minimum atomic E-state index is -0.758. The molecule has 1 rings (SSSR count). The van der Waals surface area contributed by atoms with Gasteiger partial charge in [-0.1, -0.05) is 12.2 Å². The molecule has 0 aliphatic carbocycles. The van der Waals surface area contributed by atoms with Crippen LogP contribution in [0.15, 0.2) is 23.9 Å². The number of amides is 2. The summed E-state index contributed by atoms with van der Waals surface area (Å²) in [6.07, 6.45) is 7.90. The average Bonchev–Trinajstić information content (AvgIpc) is 2.40. The topological polar surface area (TPSA) is 101 Å². The lowest BCUT2D eigenvalue weighted by Gasteiger charge is -2.06. The van der Waals surface area contributed by atoms with Crippen LogP contribution >= 0.6 is 0 Å². The number of carbonyl (C=O) groups excluding carboxylic acids is 3. The molecule has 6 nitrogen and oxygen atoms in total. The van der Waals surface area contributed by atoms with Crippen LogP contribution in [0.3, 0.4) is 0 Å². The Kier molecular flexibility index (Phi) is 6.35. The molecule has 0 radical (unpaired) electrons. The van der Waals surface area contributed by atoms with E-state index in [1.54, 1.807) is 6.08 Å². The molecule has 104 valence electrons. The molecule has 19 heavy (non-hydrogen) atoms. The van der Waals surface area contributed by atoms with E-state index in [9.17, 15) is 14.4 Å². The van der Waals surface area contributed by atoms with Gasteiger partial charge in [0.05, 0.1) is 5.70 Å². The molecule has 1 heterocycles. The second-order valence-corrected chi connectivity index (χ2v) is 4.23. The summed E-state index contributed by atoms with van der Waals surface area (Å²) in [5.74, 6) is -1.56. The van der Waals surface area contributed by atoms with Crippen LogP contribution in [-0.2, 0) is 14.4 Å². The first-order valence-corrected chi connectivity index (χ1v) is 6.33. The van der Waals surface area contributed by atoms with E-state index < -0.39 is 11.7 Å². The first-order chi connectivity index (χ1) is 9.11. The van der Waals surface area contributed by atoms with Crippen molar-refractivity contribution in [2.24, 2.45) is 5.73 Å². The van der Waals surface area contributed by atoms with Crippen molar-refractivity contribution in [2.75, 3.05) is 13.1 Å². The summed E-state index contributed by atoms with van der Waals surface area (Å²) in [5.41, 5.74) is 5.41. The highest BCUT2D eigenvalue weighted by atomic mass is 16.2. The summed E-state index contributed by atoms with van der Waals surface area (Å²) < 4.78 is 0. The molecule has 0 spiro atoms. The standard InChI is InChI=1S/C13H19N3O3/c14-10-6-4-2-1-3-5-7-11(17)15-8-9-16-13(19)12(10)18/h2,4,6H,1,3,5,7-9,14H2,(H,15,17)(H,16,19)/b4-2?,10-6+. The minimum Gasteiger partial charge on any atom is -0.395 e. The van der Waals surface area contributed by atoms with Crippen LogP contribution in [0, 0.1) is 0 Å². The molecular formula is C13H19N3O3. The maximum atomic E-state index is 11.5. The fourth-order valence-corrected chi connectivity index (χ4v) is 1.57. The van der Waals surface area contributed by atoms with Gasteiger partial charge in [0.2, 0.25) is 5.91 Å². The highest BCUT2D eigenvalue weighted by Gasteiger charge is 2.15. The van der Waals surface area contributed by atoms with Crippen molar-refractivity contribution in [3.63, 3.8) is 0 Å². The molecule has 0 atom stereocenters. The second kappa shape index (κ2) is 8.07. The normalized spacial score (nSPS) is 22.5. The highest BCUT2D eigenvalue weighted by molar-refractivity contribution is 6.42. The molecule has 0 saturated heterocycles. The van der Waals surface area contributed by atoms with E-state index in [0.29, 0.717) is 13.0 Å². The number of nitrogens with two attached hydrogens (primary N) is 1. The lowest BCUT2D eigenvalue weighted by Crippen LogP contribution is -2.39. The van der Waals surface area contributed by atoms with E-state index in [0.717, 1.165) is 19.3 Å². The Balaban J connectivity index is 2.63. The Hall–Kier alpha value is -2.11. The number of Topliss-reactive ketones (excluding diaryl/α,β-unsaturated/α-hetero) is 1. The van der Waals surface area contributed by atoms with Crippen LogP contribution in [0.5, 0.6) is 0 Å². The number of rotatable bonds is 0. The quantitative estimate of drug-likeness (QED) is 0.526. The lowest BCUT2D eigenvalue weighted by atomic mass is 10.1. The summed E-state index contributed by atoms with van der Waals surface area (Å²) in [6.45, 7) is 0.513. The van der Waals surface area contributed by atoms with E-state index in [-0.39, 0.29) is 18.1 Å². The smallest absolute Gasteiger partial charge is 0.294 e. The Morgan fingerprint density at radius 1 is 1.05 bits per heavy atom. The van der Waals surface area contributed by atoms with Crippen molar-refractivity contribution in [2.45, 2.75) is 25.7 Å². The summed E-state index contributed by atoms with van der Waals surface area (Å²) in [6, 6.07) is 0. The average molecular weight is 265 g/mol. The van der Waals surface area contributed by atoms with Crippen LogP contribution in [0.2, 0.25) is 0 Å². The van der Waals surface area contributed by atoms with Crippen molar-refractivity contribution in [1.82, 2.24) is 10.6 Å². The number of nitrogens with one attached hydrogen (secondary N) is 2. The molecule has 0 aromatic heterocycles. The van der Waals surface area contributed by atoms with Crippen LogP contribution in [0.25, 0.3) is 0 Å². The van der Waals surface area contributed by atoms with E-state index >= 15 is 0 Å². The predicted molar refractivity (Wildman–Crippen MR) is 70.9 cm³/mol. The fourth-order valence-electron chi connectivity index (χ4n) is 1.57. The van der Waals surface area contributed by atoms with Gasteiger partial charge in [-0.3, -0.25) is 14.4 Å². The van der Waals surface area contributed by atoms with Gasteiger partial charge < -0.3 is 16.4 Å². The van der Waals surface area contributed by atoms with Gasteiger partial charge >= 0.3 is 0 Å². The SMILES string of the molecule is N/C1=C/C=CCCCCC(=O)NCCNC(=O)C1=O. The third kappa shape index (κ3) is 5.85. The molecule has 4 N–H and O–H groups in total. The summed E-state index contributed by atoms with van der Waals surface area (Å²) in [4.78, 5) is 34.3. The molecule has 0 aromatic rings. The Morgan fingerprint density at radius 3 is 2.58 bits per heavy atom. The van der Waals surface area contributed by atoms with E-state index in [1.165, 1.54) is 6.08 Å². The maximum absolute atomic E-state index is 11.5. The molecule has 0 aromatic carbocycles. The zero-order valence-electron chi connectivity index (χ0n) is 10.8. The van der Waals surface area contributed by atoms with Crippen molar-refractivity contribution in [3.05, 3.63) is 23.9 Å². The van der Waals surface area contributed by atoms with Crippen molar-refractivity contribution in [1.29, 1.82) is 0 Å². The fraction of sp³-hybridized carbons (Fsp3) is 0.462. The van der Waals surface area contributed by atoms with Crippen molar-refractivity contribution < 1.29 is 14.4 Å². The summed E-state index contributed by atoms with van der Waals surface area (Å²) in [7, 11) is 0. The molecule has 0 bridgehead atoms. The number of allylic oxidation sites excluding steroid dienone is 3. The second-order valence-electron chi connectivity index (χ2n) is 4.23. The predicted octanol–water partition coefficient (Wildman–Crippen LogP) is -0.239. The summed E-state index contributed by atoms with van der Waals surface area (Å²) >= 11 is 0. The van der Waals surface area contributed by atoms with Crippen LogP contribution in [0.1, 0.15) is 25.7 Å². The third-order valence-electron chi connectivity index (χ3n) is 2.64. The molecule has 6 heteroatoms. The van der Waals surface area contributed by atoms with Gasteiger partial charge in [0, 0.05) is 19.5 Å². The number of ketones is 1. The van der Waals surface area contributed by atoms with Gasteiger partial charge in [-0.25, -0.2) is 0 Å². The van der Waals surface area contributed by atoms with E-state index in [4.69, 9.17) is 5.73 Å². The molecule has 2 amide bonds. The zero-order chi connectivity index (χ0) is 14.1. The first kappa shape index (κ1) is 14.9. The van der Waals surface area contributed by atoms with E-state index in [1.807, 2.05) is 6.08 Å². The number of hydrogen-bond donors (Lipinski definition) is 3. The molecule has 1 aliphatic rings. The molecule has 0 unspecified atom stereocenters. The highest BCUT2D eigenvalue weighted by Crippen LogP contribution is 2.01. The molecule has 1 aliphatic heterocycles. The monoisotopic (exact) mass is 265 g/mol. The van der Waals surface area contributed by atoms with Gasteiger partial charge in [-0.05, 0) is 25.3 Å². The van der Waals surface area contributed by atoms with Gasteiger partial charge in [0.1, 0.15) is 0 Å². The van der Waals surface area contributed by atoms with Crippen LogP contribution in [-0.4, -0.2) is 30.7 Å². The third-order valence-corrected chi connectivity index (χ3v) is 2.64. The lowest BCUT2D eigenvalue weighted by molar-refractivity contribution is -0.135. The van der Waals surface area contributed by atoms with E-state index in [2.05, 4.69) is 10.6 Å². The van der Waals surface area contributed by atoms with Crippen LogP contribution in [0.4, 0.5) is 0 Å². The largest absolute Gasteiger partial charge is 0.395 e. The summed E-state index contributed by atoms with van der Waals surface area (Å²) in [5, 5.41) is 5.07. The molecule has 0 saturated carbocycles. The Bertz CT molecular complexity index is 413. The van der Waals surface area contributed by atoms with Crippen LogP contribution < -0.4 is 16.4 Å². The number of carbonyl (C=O) groups is 3. The van der Waals surface area contributed by atoms with Gasteiger partial charge in [-0.15, -0.1) is 0 Å². The molecule has 0 fully saturated rings. The number of hydrogen-bond acceptors (Lipinski definition) is 4. The van der Waals surface area contributed by atoms with Gasteiger partial charge in [0.25, 0.3) is 11.7 Å². The Morgan fingerprint density at radius 2 is 1.79 bits per heavy atom. The molecular weight excluding hydrogens is 246 g/mol. The zero-order valence-corrected chi connectivity index (χ0v) is 10.8. The maximum Gasteiger partial charge on any atom is 0.294 e. The minimum absolute atomic E-state index is 0.0444. The van der Waals surface area contributed by atoms with Gasteiger partial charge in [-0.2, -0.15) is 0 Å². The first-order valence-electron chi connectivity index (χ1n) is 6.33. The van der Waals surface area contributed by atoms with Crippen molar-refractivity contribution >= 4 is 17.6 Å².